The van der Waals surface area contributed by atoms with Crippen LogP contribution in [0, 0.1) is 11.8 Å². The number of piperidine rings is 2. The van der Waals surface area contributed by atoms with Crippen LogP contribution in [0.2, 0.25) is 0 Å². The van der Waals surface area contributed by atoms with E-state index >= 15 is 0 Å². The second-order valence-electron chi connectivity index (χ2n) is 7.45. The van der Waals surface area contributed by atoms with Gasteiger partial charge in [0, 0.05) is 31.7 Å². The third kappa shape index (κ3) is 4.16. The maximum atomic E-state index is 12.7. The summed E-state index contributed by atoms with van der Waals surface area (Å²) in [5, 5.41) is 9.20. The molecule has 3 rings (SSSR count). The van der Waals surface area contributed by atoms with E-state index in [1.165, 1.54) is 16.4 Å². The van der Waals surface area contributed by atoms with Crippen LogP contribution in [0.3, 0.4) is 0 Å². The number of carboxylic acid groups (broad SMARTS) is 1. The molecule has 0 bridgehead atoms. The van der Waals surface area contributed by atoms with E-state index in [1.807, 2.05) is 6.92 Å². The van der Waals surface area contributed by atoms with Gasteiger partial charge in [-0.2, -0.15) is 4.31 Å². The molecule has 1 amide bonds. The first-order valence-electron chi connectivity index (χ1n) is 9.43. The number of hydrogen-bond acceptors (Lipinski definition) is 4. The van der Waals surface area contributed by atoms with Crippen LogP contribution in [0.1, 0.15) is 43.0 Å². The van der Waals surface area contributed by atoms with Gasteiger partial charge in [0.05, 0.1) is 10.8 Å². The van der Waals surface area contributed by atoms with Crippen molar-refractivity contribution in [3.05, 3.63) is 29.8 Å². The topological polar surface area (TPSA) is 95.0 Å². The first-order valence-corrected chi connectivity index (χ1v) is 10.9. The number of carbonyl (C=O) groups excluding carboxylic acids is 1. The summed E-state index contributed by atoms with van der Waals surface area (Å²) in [4.78, 5) is 25.8. The van der Waals surface area contributed by atoms with Gasteiger partial charge in [0.25, 0.3) is 5.91 Å². The average Bonchev–Trinajstić information content (AvgIpc) is 2.68. The number of sulfonamides is 1. The van der Waals surface area contributed by atoms with Crippen molar-refractivity contribution in [3.63, 3.8) is 0 Å². The molecule has 2 heterocycles. The molecule has 0 aromatic heterocycles. The molecule has 2 aliphatic rings. The van der Waals surface area contributed by atoms with Crippen LogP contribution < -0.4 is 0 Å². The monoisotopic (exact) mass is 394 g/mol. The number of aliphatic carboxylic acids is 1. The smallest absolute Gasteiger partial charge is 0.306 e. The molecule has 2 fully saturated rings. The van der Waals surface area contributed by atoms with Gasteiger partial charge < -0.3 is 10.0 Å². The number of rotatable bonds is 4. The molecule has 1 aromatic carbocycles. The van der Waals surface area contributed by atoms with Gasteiger partial charge in [-0.15, -0.1) is 0 Å². The lowest BCUT2D eigenvalue weighted by Gasteiger charge is -2.35. The van der Waals surface area contributed by atoms with Crippen molar-refractivity contribution < 1.29 is 23.1 Å². The molecule has 0 spiro atoms. The fraction of sp³-hybridized carbons (Fsp3) is 0.579. The summed E-state index contributed by atoms with van der Waals surface area (Å²) in [6.07, 6.45) is 3.24. The highest BCUT2D eigenvalue weighted by Gasteiger charge is 2.33. The van der Waals surface area contributed by atoms with Crippen LogP contribution in [0.25, 0.3) is 0 Å². The molecule has 7 nitrogen and oxygen atoms in total. The third-order valence-electron chi connectivity index (χ3n) is 5.56. The van der Waals surface area contributed by atoms with Crippen LogP contribution in [0.15, 0.2) is 29.2 Å². The van der Waals surface area contributed by atoms with Crippen LogP contribution >= 0.6 is 0 Å². The Bertz CT molecular complexity index is 800. The SMILES string of the molecule is CC1CN(C(=O)c2ccc(S(=O)(=O)N3CCCCC3)cc2)CCC1C(=O)O. The summed E-state index contributed by atoms with van der Waals surface area (Å²) in [6.45, 7) is 3.71. The molecule has 27 heavy (non-hydrogen) atoms. The minimum Gasteiger partial charge on any atom is -0.481 e. The maximum absolute atomic E-state index is 12.7. The first-order chi connectivity index (χ1) is 12.8. The van der Waals surface area contributed by atoms with Gasteiger partial charge >= 0.3 is 5.97 Å². The van der Waals surface area contributed by atoms with E-state index in [0.29, 0.717) is 38.2 Å². The van der Waals surface area contributed by atoms with Crippen LogP contribution in [-0.4, -0.2) is 60.8 Å². The molecule has 0 saturated carbocycles. The molecule has 8 heteroatoms. The Labute approximate surface area is 160 Å². The number of likely N-dealkylation sites (tertiary alicyclic amines) is 1. The zero-order valence-electron chi connectivity index (χ0n) is 15.5. The van der Waals surface area contributed by atoms with Crippen molar-refractivity contribution in [2.45, 2.75) is 37.5 Å². The quantitative estimate of drug-likeness (QED) is 0.843. The number of amides is 1. The van der Waals surface area contributed by atoms with Crippen molar-refractivity contribution in [2.24, 2.45) is 11.8 Å². The van der Waals surface area contributed by atoms with Crippen molar-refractivity contribution in [3.8, 4) is 0 Å². The molecule has 2 aliphatic heterocycles. The van der Waals surface area contributed by atoms with Crippen molar-refractivity contribution >= 4 is 21.9 Å². The highest BCUT2D eigenvalue weighted by atomic mass is 32.2. The number of nitrogens with zero attached hydrogens (tertiary/aromatic N) is 2. The average molecular weight is 394 g/mol. The first kappa shape index (κ1) is 19.8. The minimum absolute atomic E-state index is 0.112. The lowest BCUT2D eigenvalue weighted by atomic mass is 9.87. The van der Waals surface area contributed by atoms with E-state index in [1.54, 1.807) is 17.0 Å². The predicted octanol–water partition coefficient (Wildman–Crippen LogP) is 2.04. The second-order valence-corrected chi connectivity index (χ2v) is 9.39. The Morgan fingerprint density at radius 1 is 1.04 bits per heavy atom. The fourth-order valence-electron chi connectivity index (χ4n) is 3.90. The minimum atomic E-state index is -3.51. The van der Waals surface area contributed by atoms with Gasteiger partial charge in [-0.05, 0) is 49.4 Å². The lowest BCUT2D eigenvalue weighted by Crippen LogP contribution is -2.45. The Morgan fingerprint density at radius 2 is 1.67 bits per heavy atom. The summed E-state index contributed by atoms with van der Waals surface area (Å²) < 4.78 is 26.9. The van der Waals surface area contributed by atoms with Crippen LogP contribution in [0.4, 0.5) is 0 Å². The normalized spacial score (nSPS) is 24.6. The predicted molar refractivity (Wildman–Crippen MR) is 99.9 cm³/mol. The highest BCUT2D eigenvalue weighted by molar-refractivity contribution is 7.89. The molecule has 2 saturated heterocycles. The molecule has 0 aliphatic carbocycles. The Kier molecular flexibility index (Phi) is 5.86. The summed E-state index contributed by atoms with van der Waals surface area (Å²) in [6, 6.07) is 6.08. The summed E-state index contributed by atoms with van der Waals surface area (Å²) >= 11 is 0. The van der Waals surface area contributed by atoms with E-state index in [-0.39, 0.29) is 16.7 Å². The van der Waals surface area contributed by atoms with Gasteiger partial charge in [0.15, 0.2) is 0 Å². The maximum Gasteiger partial charge on any atom is 0.306 e. The molecule has 1 aromatic rings. The molecule has 148 valence electrons. The molecular weight excluding hydrogens is 368 g/mol. The van der Waals surface area contributed by atoms with E-state index in [2.05, 4.69) is 0 Å². The summed E-state index contributed by atoms with van der Waals surface area (Å²) in [7, 11) is -3.51. The lowest BCUT2D eigenvalue weighted by molar-refractivity contribution is -0.145. The van der Waals surface area contributed by atoms with E-state index in [9.17, 15) is 23.1 Å². The Morgan fingerprint density at radius 3 is 2.22 bits per heavy atom. The largest absolute Gasteiger partial charge is 0.481 e. The Hall–Kier alpha value is -1.93. The fourth-order valence-corrected chi connectivity index (χ4v) is 5.42. The zero-order valence-corrected chi connectivity index (χ0v) is 16.3. The van der Waals surface area contributed by atoms with Gasteiger partial charge in [0.1, 0.15) is 0 Å². The standard InChI is InChI=1S/C19H26N2O5S/c1-14-13-20(12-9-17(14)19(23)24)18(22)15-5-7-16(8-6-15)27(25,26)21-10-3-2-4-11-21/h5-8,14,17H,2-4,9-13H2,1H3,(H,23,24). The van der Waals surface area contributed by atoms with E-state index < -0.39 is 21.9 Å². The number of carbonyl (C=O) groups is 2. The second kappa shape index (κ2) is 7.98. The third-order valence-corrected chi connectivity index (χ3v) is 7.48. The summed E-state index contributed by atoms with van der Waals surface area (Å²) in [5.41, 5.74) is 0.425. The molecule has 1 N–H and O–H groups in total. The zero-order chi connectivity index (χ0) is 19.6. The van der Waals surface area contributed by atoms with Gasteiger partial charge in [0.2, 0.25) is 10.0 Å². The van der Waals surface area contributed by atoms with E-state index in [4.69, 9.17) is 0 Å². The van der Waals surface area contributed by atoms with Crippen molar-refractivity contribution in [2.75, 3.05) is 26.2 Å². The summed E-state index contributed by atoms with van der Waals surface area (Å²) in [5.74, 6) is -1.54. The molecule has 2 atom stereocenters. The molecule has 0 radical (unpaired) electrons. The molecule has 2 unspecified atom stereocenters. The number of carboxylic acids is 1. The Balaban J connectivity index is 1.70. The molecular formula is C19H26N2O5S. The van der Waals surface area contributed by atoms with Gasteiger partial charge in [-0.25, -0.2) is 8.42 Å². The highest BCUT2D eigenvalue weighted by Crippen LogP contribution is 2.25. The van der Waals surface area contributed by atoms with Crippen molar-refractivity contribution in [1.29, 1.82) is 0 Å². The number of hydrogen-bond donors (Lipinski definition) is 1. The van der Waals surface area contributed by atoms with Crippen LogP contribution in [0.5, 0.6) is 0 Å². The van der Waals surface area contributed by atoms with Gasteiger partial charge in [-0.3, -0.25) is 9.59 Å². The van der Waals surface area contributed by atoms with Gasteiger partial charge in [-0.1, -0.05) is 13.3 Å². The van der Waals surface area contributed by atoms with Crippen molar-refractivity contribution in [1.82, 2.24) is 9.21 Å². The number of benzene rings is 1. The van der Waals surface area contributed by atoms with Crippen LogP contribution in [-0.2, 0) is 14.8 Å². The van der Waals surface area contributed by atoms with E-state index in [0.717, 1.165) is 19.3 Å².